The zero-order valence-electron chi connectivity index (χ0n) is 14.5. The number of methoxy groups -OCH3 is 2. The summed E-state index contributed by atoms with van der Waals surface area (Å²) >= 11 is 0. The Morgan fingerprint density at radius 3 is 2.56 bits per heavy atom. The Balaban J connectivity index is 1.85. The van der Waals surface area contributed by atoms with Crippen LogP contribution in [-0.4, -0.2) is 25.8 Å². The van der Waals surface area contributed by atoms with E-state index in [0.717, 1.165) is 39.0 Å². The Labute approximate surface area is 146 Å². The first-order valence-corrected chi connectivity index (χ1v) is 8.16. The van der Waals surface area contributed by atoms with Crippen LogP contribution in [0.15, 0.2) is 42.5 Å². The van der Waals surface area contributed by atoms with Crippen LogP contribution < -0.4 is 14.2 Å². The summed E-state index contributed by atoms with van der Waals surface area (Å²) in [6.07, 6.45) is 2.15. The van der Waals surface area contributed by atoms with Crippen LogP contribution in [-0.2, 0) is 0 Å². The first-order valence-electron chi connectivity index (χ1n) is 8.16. The smallest absolute Gasteiger partial charge is 0.162 e. The van der Waals surface area contributed by atoms with Crippen LogP contribution in [0.3, 0.4) is 0 Å². The normalized spacial score (nSPS) is 13.0. The number of fused-ring (bicyclic) bond motifs is 2. The van der Waals surface area contributed by atoms with Gasteiger partial charge in [0.25, 0.3) is 0 Å². The van der Waals surface area contributed by atoms with E-state index >= 15 is 0 Å². The maximum absolute atomic E-state index is 5.87. The molecular weight excluding hydrogens is 314 g/mol. The molecule has 0 fully saturated rings. The van der Waals surface area contributed by atoms with Crippen molar-refractivity contribution in [3.05, 3.63) is 59.3 Å². The van der Waals surface area contributed by atoms with Gasteiger partial charge in [-0.1, -0.05) is 18.2 Å². The fourth-order valence-corrected chi connectivity index (χ4v) is 3.15. The zero-order chi connectivity index (χ0) is 17.4. The van der Waals surface area contributed by atoms with Crippen LogP contribution in [0.4, 0.5) is 0 Å². The number of pyridine rings is 1. The van der Waals surface area contributed by atoms with E-state index in [2.05, 4.69) is 25.1 Å². The quantitative estimate of drug-likeness (QED) is 0.708. The molecule has 0 N–H and O–H groups in total. The summed E-state index contributed by atoms with van der Waals surface area (Å²) in [4.78, 5) is 4.83. The Morgan fingerprint density at radius 2 is 1.76 bits per heavy atom. The van der Waals surface area contributed by atoms with Gasteiger partial charge in [0.1, 0.15) is 12.4 Å². The number of aryl methyl sites for hydroxylation is 1. The number of hydrogen-bond donors (Lipinski definition) is 0. The molecule has 0 atom stereocenters. The maximum Gasteiger partial charge on any atom is 0.162 e. The fraction of sp³-hybridized carbons (Fsp3) is 0.190. The zero-order valence-corrected chi connectivity index (χ0v) is 14.5. The van der Waals surface area contributed by atoms with Crippen molar-refractivity contribution in [2.45, 2.75) is 6.92 Å². The standard InChI is InChI=1S/C21H19NO3/c1-13-8-17(15-9-14-6-4-5-7-19(14)25-12-15)22-18-11-21(24-3)20(23-2)10-16(13)18/h4-11H,12H2,1-3H3. The average molecular weight is 333 g/mol. The lowest BCUT2D eigenvalue weighted by Gasteiger charge is -2.18. The number of aromatic nitrogens is 1. The number of rotatable bonds is 3. The summed E-state index contributed by atoms with van der Waals surface area (Å²) in [5.74, 6) is 2.30. The van der Waals surface area contributed by atoms with E-state index < -0.39 is 0 Å². The van der Waals surface area contributed by atoms with Gasteiger partial charge in [0.05, 0.1) is 25.4 Å². The molecule has 0 spiro atoms. The highest BCUT2D eigenvalue weighted by atomic mass is 16.5. The van der Waals surface area contributed by atoms with Crippen molar-refractivity contribution >= 4 is 22.6 Å². The van der Waals surface area contributed by atoms with Crippen LogP contribution >= 0.6 is 0 Å². The van der Waals surface area contributed by atoms with Gasteiger partial charge in [0.15, 0.2) is 11.5 Å². The first-order chi connectivity index (χ1) is 12.2. The van der Waals surface area contributed by atoms with Crippen molar-refractivity contribution in [2.75, 3.05) is 20.8 Å². The number of benzene rings is 2. The summed E-state index contributed by atoms with van der Waals surface area (Å²) in [5, 5.41) is 1.05. The van der Waals surface area contributed by atoms with Gasteiger partial charge in [0.2, 0.25) is 0 Å². The van der Waals surface area contributed by atoms with Crippen molar-refractivity contribution in [2.24, 2.45) is 0 Å². The topological polar surface area (TPSA) is 40.6 Å². The van der Waals surface area contributed by atoms with Gasteiger partial charge >= 0.3 is 0 Å². The summed E-state index contributed by atoms with van der Waals surface area (Å²) < 4.78 is 16.7. The minimum Gasteiger partial charge on any atom is -0.493 e. The molecule has 4 nitrogen and oxygen atoms in total. The number of para-hydroxylation sites is 1. The summed E-state index contributed by atoms with van der Waals surface area (Å²) in [7, 11) is 3.28. The molecule has 1 aromatic heterocycles. The number of nitrogens with zero attached hydrogens (tertiary/aromatic N) is 1. The van der Waals surface area contributed by atoms with Gasteiger partial charge in [-0.25, -0.2) is 4.98 Å². The minimum absolute atomic E-state index is 0.516. The van der Waals surface area contributed by atoms with Crippen LogP contribution in [0, 0.1) is 6.92 Å². The lowest BCUT2D eigenvalue weighted by atomic mass is 10.0. The number of hydrogen-bond acceptors (Lipinski definition) is 4. The highest BCUT2D eigenvalue weighted by molar-refractivity contribution is 5.90. The molecule has 0 amide bonds. The van der Waals surface area contributed by atoms with E-state index in [1.165, 1.54) is 0 Å². The molecule has 1 aliphatic rings. The summed E-state index contributed by atoms with van der Waals surface area (Å²) in [6.45, 7) is 2.60. The maximum atomic E-state index is 5.87. The number of ether oxygens (including phenoxy) is 3. The third kappa shape index (κ3) is 2.70. The molecule has 0 bridgehead atoms. The van der Waals surface area contributed by atoms with E-state index in [9.17, 15) is 0 Å². The van der Waals surface area contributed by atoms with Crippen molar-refractivity contribution in [1.29, 1.82) is 0 Å². The predicted octanol–water partition coefficient (Wildman–Crippen LogP) is 4.49. The summed E-state index contributed by atoms with van der Waals surface area (Å²) in [5.41, 5.74) is 5.09. The van der Waals surface area contributed by atoms with Crippen molar-refractivity contribution < 1.29 is 14.2 Å². The molecule has 3 aromatic rings. The molecule has 25 heavy (non-hydrogen) atoms. The Bertz CT molecular complexity index is 992. The summed E-state index contributed by atoms with van der Waals surface area (Å²) in [6, 6.07) is 14.0. The molecule has 0 radical (unpaired) electrons. The second-order valence-corrected chi connectivity index (χ2v) is 6.04. The Hall–Kier alpha value is -3.01. The second-order valence-electron chi connectivity index (χ2n) is 6.04. The highest BCUT2D eigenvalue weighted by Gasteiger charge is 2.16. The molecule has 4 heteroatoms. The largest absolute Gasteiger partial charge is 0.493 e. The van der Waals surface area contributed by atoms with Gasteiger partial charge < -0.3 is 14.2 Å². The third-order valence-electron chi connectivity index (χ3n) is 4.48. The van der Waals surface area contributed by atoms with Crippen LogP contribution in [0.2, 0.25) is 0 Å². The molecule has 1 aliphatic heterocycles. The van der Waals surface area contributed by atoms with E-state index in [4.69, 9.17) is 19.2 Å². The molecule has 0 aliphatic carbocycles. The van der Waals surface area contributed by atoms with E-state index in [1.54, 1.807) is 14.2 Å². The highest BCUT2D eigenvalue weighted by Crippen LogP contribution is 2.35. The minimum atomic E-state index is 0.516. The fourth-order valence-electron chi connectivity index (χ4n) is 3.15. The molecule has 2 heterocycles. The molecule has 0 saturated heterocycles. The van der Waals surface area contributed by atoms with Crippen LogP contribution in [0.25, 0.3) is 22.6 Å². The molecule has 2 aromatic carbocycles. The van der Waals surface area contributed by atoms with Gasteiger partial charge in [-0.3, -0.25) is 0 Å². The van der Waals surface area contributed by atoms with Gasteiger partial charge in [-0.2, -0.15) is 0 Å². The average Bonchev–Trinajstić information content (AvgIpc) is 2.66. The molecule has 4 rings (SSSR count). The monoisotopic (exact) mass is 333 g/mol. The molecule has 0 saturated carbocycles. The molecule has 126 valence electrons. The third-order valence-corrected chi connectivity index (χ3v) is 4.48. The SMILES string of the molecule is COc1cc2nc(C3=Cc4ccccc4OC3)cc(C)c2cc1OC. The van der Waals surface area contributed by atoms with Crippen molar-refractivity contribution in [3.8, 4) is 17.2 Å². The van der Waals surface area contributed by atoms with Crippen LogP contribution in [0.5, 0.6) is 17.2 Å². The van der Waals surface area contributed by atoms with Gasteiger partial charge in [-0.05, 0) is 36.8 Å². The first kappa shape index (κ1) is 15.5. The molecular formula is C21H19NO3. The van der Waals surface area contributed by atoms with E-state index in [-0.39, 0.29) is 0 Å². The van der Waals surface area contributed by atoms with Gasteiger partial charge in [0, 0.05) is 22.6 Å². The van der Waals surface area contributed by atoms with Crippen molar-refractivity contribution in [3.63, 3.8) is 0 Å². The lowest BCUT2D eigenvalue weighted by Crippen LogP contribution is -2.08. The van der Waals surface area contributed by atoms with E-state index in [0.29, 0.717) is 18.1 Å². The van der Waals surface area contributed by atoms with Gasteiger partial charge in [-0.15, -0.1) is 0 Å². The van der Waals surface area contributed by atoms with E-state index in [1.807, 2.05) is 30.3 Å². The Morgan fingerprint density at radius 1 is 1.00 bits per heavy atom. The molecule has 0 unspecified atom stereocenters. The predicted molar refractivity (Wildman–Crippen MR) is 99.4 cm³/mol. The van der Waals surface area contributed by atoms with Crippen LogP contribution in [0.1, 0.15) is 16.8 Å². The lowest BCUT2D eigenvalue weighted by molar-refractivity contribution is 0.355. The second kappa shape index (κ2) is 6.13. The Kier molecular flexibility index (Phi) is 3.80. The van der Waals surface area contributed by atoms with Crippen molar-refractivity contribution in [1.82, 2.24) is 4.98 Å².